The maximum absolute atomic E-state index is 8.83. The highest BCUT2D eigenvalue weighted by molar-refractivity contribution is 4.89. The minimum atomic E-state index is -0.0866. The third kappa shape index (κ3) is 9.91. The molecule has 4 nitrogen and oxygen atoms in total. The zero-order chi connectivity index (χ0) is 12.1. The van der Waals surface area contributed by atoms with Crippen LogP contribution in [0.1, 0.15) is 33.1 Å². The molecule has 0 amide bonds. The Morgan fingerprint density at radius 2 is 1.75 bits per heavy atom. The Morgan fingerprint density at radius 3 is 2.31 bits per heavy atom. The number of ether oxygens (including phenoxy) is 2. The van der Waals surface area contributed by atoms with Gasteiger partial charge in [-0.3, -0.25) is 0 Å². The fourth-order valence-corrected chi connectivity index (χ4v) is 1.20. The van der Waals surface area contributed by atoms with Crippen LogP contribution in [0.2, 0.25) is 0 Å². The standard InChI is InChI=1S/C12H24N2O2/c1-3-6-14-12(11-13)5-8-16-10-9-15-7-4-2/h12,14H,3-10H2,1-2H3. The van der Waals surface area contributed by atoms with E-state index in [1.165, 1.54) is 0 Å². The molecule has 0 saturated carbocycles. The number of hydrogen-bond donors (Lipinski definition) is 1. The van der Waals surface area contributed by atoms with Gasteiger partial charge in [0.2, 0.25) is 0 Å². The first-order chi connectivity index (χ1) is 7.85. The fraction of sp³-hybridized carbons (Fsp3) is 0.917. The second-order valence-electron chi connectivity index (χ2n) is 3.65. The molecule has 0 heterocycles. The van der Waals surface area contributed by atoms with E-state index in [1.54, 1.807) is 0 Å². The maximum atomic E-state index is 8.83. The Balaban J connectivity index is 3.25. The SMILES string of the molecule is CCCNC(C#N)CCOCCOCCC. The van der Waals surface area contributed by atoms with E-state index in [4.69, 9.17) is 14.7 Å². The Labute approximate surface area is 98.9 Å². The second-order valence-corrected chi connectivity index (χ2v) is 3.65. The highest BCUT2D eigenvalue weighted by Crippen LogP contribution is 1.92. The highest BCUT2D eigenvalue weighted by Gasteiger charge is 2.04. The van der Waals surface area contributed by atoms with Gasteiger partial charge in [0.05, 0.1) is 25.3 Å². The van der Waals surface area contributed by atoms with E-state index in [9.17, 15) is 0 Å². The van der Waals surface area contributed by atoms with Crippen molar-refractivity contribution in [2.75, 3.05) is 33.0 Å². The molecular formula is C12H24N2O2. The van der Waals surface area contributed by atoms with Crippen molar-refractivity contribution < 1.29 is 9.47 Å². The lowest BCUT2D eigenvalue weighted by Crippen LogP contribution is -2.29. The summed E-state index contributed by atoms with van der Waals surface area (Å²) < 4.78 is 10.7. The third-order valence-electron chi connectivity index (χ3n) is 2.07. The minimum absolute atomic E-state index is 0.0866. The molecule has 16 heavy (non-hydrogen) atoms. The Morgan fingerprint density at radius 1 is 1.06 bits per heavy atom. The zero-order valence-electron chi connectivity index (χ0n) is 10.5. The van der Waals surface area contributed by atoms with Gasteiger partial charge in [-0.2, -0.15) is 5.26 Å². The number of hydrogen-bond acceptors (Lipinski definition) is 4. The molecule has 0 aromatic carbocycles. The van der Waals surface area contributed by atoms with Gasteiger partial charge >= 0.3 is 0 Å². The van der Waals surface area contributed by atoms with Crippen LogP contribution in [0.3, 0.4) is 0 Å². The van der Waals surface area contributed by atoms with Crippen LogP contribution in [0.5, 0.6) is 0 Å². The molecule has 0 aromatic rings. The van der Waals surface area contributed by atoms with Crippen molar-refractivity contribution in [1.29, 1.82) is 5.26 Å². The van der Waals surface area contributed by atoms with Gasteiger partial charge in [0.1, 0.15) is 0 Å². The largest absolute Gasteiger partial charge is 0.379 e. The monoisotopic (exact) mass is 228 g/mol. The van der Waals surface area contributed by atoms with Crippen LogP contribution in [0.15, 0.2) is 0 Å². The van der Waals surface area contributed by atoms with Gasteiger partial charge < -0.3 is 14.8 Å². The molecule has 0 radical (unpaired) electrons. The maximum Gasteiger partial charge on any atom is 0.0975 e. The molecule has 0 saturated heterocycles. The van der Waals surface area contributed by atoms with Gasteiger partial charge in [0, 0.05) is 13.2 Å². The molecule has 1 atom stereocenters. The molecule has 0 bridgehead atoms. The van der Waals surface area contributed by atoms with Crippen molar-refractivity contribution in [3.8, 4) is 6.07 Å². The second kappa shape index (κ2) is 12.4. The van der Waals surface area contributed by atoms with Crippen LogP contribution in [-0.4, -0.2) is 39.0 Å². The summed E-state index contributed by atoms with van der Waals surface area (Å²) in [6.07, 6.45) is 2.83. The van der Waals surface area contributed by atoms with E-state index < -0.39 is 0 Å². The summed E-state index contributed by atoms with van der Waals surface area (Å²) in [6, 6.07) is 2.14. The molecule has 94 valence electrons. The average Bonchev–Trinajstić information content (AvgIpc) is 2.32. The molecule has 1 N–H and O–H groups in total. The zero-order valence-corrected chi connectivity index (χ0v) is 10.5. The summed E-state index contributed by atoms with van der Waals surface area (Å²) in [5.74, 6) is 0. The fourth-order valence-electron chi connectivity index (χ4n) is 1.20. The van der Waals surface area contributed by atoms with E-state index in [0.717, 1.165) is 32.4 Å². The molecule has 0 aliphatic heterocycles. The van der Waals surface area contributed by atoms with E-state index in [-0.39, 0.29) is 6.04 Å². The van der Waals surface area contributed by atoms with Crippen LogP contribution in [-0.2, 0) is 9.47 Å². The lowest BCUT2D eigenvalue weighted by Gasteiger charge is -2.10. The number of nitrogens with one attached hydrogen (secondary N) is 1. The molecular weight excluding hydrogens is 204 g/mol. The van der Waals surface area contributed by atoms with Gasteiger partial charge in [0.15, 0.2) is 0 Å². The van der Waals surface area contributed by atoms with Crippen LogP contribution < -0.4 is 5.32 Å². The predicted molar refractivity (Wildman–Crippen MR) is 64.2 cm³/mol. The van der Waals surface area contributed by atoms with Crippen molar-refractivity contribution in [1.82, 2.24) is 5.32 Å². The van der Waals surface area contributed by atoms with E-state index in [1.807, 2.05) is 0 Å². The van der Waals surface area contributed by atoms with Gasteiger partial charge in [-0.05, 0) is 25.8 Å². The minimum Gasteiger partial charge on any atom is -0.379 e. The first kappa shape index (κ1) is 15.4. The van der Waals surface area contributed by atoms with E-state index >= 15 is 0 Å². The summed E-state index contributed by atoms with van der Waals surface area (Å²) >= 11 is 0. The number of rotatable bonds is 11. The third-order valence-corrected chi connectivity index (χ3v) is 2.07. The summed E-state index contributed by atoms with van der Waals surface area (Å²) in [7, 11) is 0. The van der Waals surface area contributed by atoms with Gasteiger partial charge in [0.25, 0.3) is 0 Å². The van der Waals surface area contributed by atoms with E-state index in [2.05, 4.69) is 25.2 Å². The Kier molecular flexibility index (Phi) is 11.9. The first-order valence-corrected chi connectivity index (χ1v) is 6.13. The number of nitrogens with zero attached hydrogens (tertiary/aromatic N) is 1. The molecule has 1 unspecified atom stereocenters. The Hall–Kier alpha value is -0.630. The predicted octanol–water partition coefficient (Wildman–Crippen LogP) is 1.71. The van der Waals surface area contributed by atoms with Crippen molar-refractivity contribution in [3.05, 3.63) is 0 Å². The average molecular weight is 228 g/mol. The molecule has 4 heteroatoms. The van der Waals surface area contributed by atoms with Crippen LogP contribution in [0.25, 0.3) is 0 Å². The quantitative estimate of drug-likeness (QED) is 0.547. The highest BCUT2D eigenvalue weighted by atomic mass is 16.5. The van der Waals surface area contributed by atoms with Crippen LogP contribution in [0.4, 0.5) is 0 Å². The van der Waals surface area contributed by atoms with Crippen LogP contribution >= 0.6 is 0 Å². The summed E-state index contributed by atoms with van der Waals surface area (Å²) in [4.78, 5) is 0. The lowest BCUT2D eigenvalue weighted by molar-refractivity contribution is 0.0459. The van der Waals surface area contributed by atoms with Gasteiger partial charge in [-0.15, -0.1) is 0 Å². The smallest absolute Gasteiger partial charge is 0.0975 e. The Bertz CT molecular complexity index is 180. The summed E-state index contributed by atoms with van der Waals surface area (Å²) in [5, 5.41) is 12.0. The lowest BCUT2D eigenvalue weighted by atomic mass is 10.2. The molecule has 0 spiro atoms. The normalized spacial score (nSPS) is 12.3. The van der Waals surface area contributed by atoms with Gasteiger partial charge in [-0.25, -0.2) is 0 Å². The summed E-state index contributed by atoms with van der Waals surface area (Å²) in [5.41, 5.74) is 0. The molecule has 0 aliphatic carbocycles. The molecule has 0 aliphatic rings. The van der Waals surface area contributed by atoms with Crippen LogP contribution in [0, 0.1) is 11.3 Å². The van der Waals surface area contributed by atoms with Crippen molar-refractivity contribution in [2.45, 2.75) is 39.2 Å². The summed E-state index contributed by atoms with van der Waals surface area (Å²) in [6.45, 7) is 7.73. The topological polar surface area (TPSA) is 54.3 Å². The molecule has 0 fully saturated rings. The van der Waals surface area contributed by atoms with Crippen molar-refractivity contribution >= 4 is 0 Å². The van der Waals surface area contributed by atoms with Gasteiger partial charge in [-0.1, -0.05) is 13.8 Å². The molecule has 0 rings (SSSR count). The van der Waals surface area contributed by atoms with Crippen molar-refractivity contribution in [3.63, 3.8) is 0 Å². The first-order valence-electron chi connectivity index (χ1n) is 6.13. The molecule has 0 aromatic heterocycles. The van der Waals surface area contributed by atoms with Crippen molar-refractivity contribution in [2.24, 2.45) is 0 Å². The number of nitriles is 1. The van der Waals surface area contributed by atoms with E-state index in [0.29, 0.717) is 19.8 Å².